The lowest BCUT2D eigenvalue weighted by Crippen LogP contribution is -2.40. The highest BCUT2D eigenvalue weighted by molar-refractivity contribution is 5.86. The molecule has 4 heteroatoms. The van der Waals surface area contributed by atoms with Crippen molar-refractivity contribution in [3.05, 3.63) is 0 Å². The number of rotatable bonds is 8. The summed E-state index contributed by atoms with van der Waals surface area (Å²) in [6, 6.07) is -0.419. The van der Waals surface area contributed by atoms with Crippen LogP contribution in [-0.4, -0.2) is 24.4 Å². The van der Waals surface area contributed by atoms with Gasteiger partial charge < -0.3 is 10.5 Å². The van der Waals surface area contributed by atoms with Crippen LogP contribution >= 0.6 is 0 Å². The molecule has 0 aromatic rings. The predicted octanol–water partition coefficient (Wildman–Crippen LogP) is 1.91. The fourth-order valence-corrected chi connectivity index (χ4v) is 1.57. The smallest absolute Gasteiger partial charge is 0.305 e. The van der Waals surface area contributed by atoms with Crippen LogP contribution in [0.2, 0.25) is 0 Å². The molecule has 100 valence electrons. The lowest BCUT2D eigenvalue weighted by atomic mass is 9.88. The van der Waals surface area contributed by atoms with E-state index in [2.05, 4.69) is 0 Å². The molecule has 1 unspecified atom stereocenters. The summed E-state index contributed by atoms with van der Waals surface area (Å²) < 4.78 is 4.82. The van der Waals surface area contributed by atoms with Crippen LogP contribution in [0.3, 0.4) is 0 Å². The Balaban J connectivity index is 4.09. The first kappa shape index (κ1) is 16.1. The Hall–Kier alpha value is -0.900. The molecule has 0 amide bonds. The van der Waals surface area contributed by atoms with E-state index in [0.29, 0.717) is 13.0 Å². The Morgan fingerprint density at radius 1 is 1.24 bits per heavy atom. The lowest BCUT2D eigenvalue weighted by Gasteiger charge is -2.20. The van der Waals surface area contributed by atoms with Gasteiger partial charge in [-0.05, 0) is 19.3 Å². The molecule has 0 heterocycles. The first-order chi connectivity index (χ1) is 7.93. The molecule has 0 aliphatic rings. The van der Waals surface area contributed by atoms with Crippen LogP contribution in [0.5, 0.6) is 0 Å². The molecule has 0 spiro atoms. The molecule has 4 nitrogen and oxygen atoms in total. The number of carbonyl (C=O) groups excluding carboxylic acids is 2. The highest BCUT2D eigenvalue weighted by Gasteiger charge is 2.24. The van der Waals surface area contributed by atoms with Gasteiger partial charge in [-0.2, -0.15) is 0 Å². The fourth-order valence-electron chi connectivity index (χ4n) is 1.57. The molecule has 0 radical (unpaired) electrons. The van der Waals surface area contributed by atoms with Crippen LogP contribution in [0.4, 0.5) is 0 Å². The molecule has 0 saturated carbocycles. The number of hydrogen-bond acceptors (Lipinski definition) is 4. The topological polar surface area (TPSA) is 69.4 Å². The standard InChI is InChI=1S/C13H25NO3/c1-5-9(3)12(14)13(16)10(4)7-8-11(15)17-6-2/h9-10,12H,5-8,14H2,1-4H3/t9-,10?,12-/m0/s1. The minimum Gasteiger partial charge on any atom is -0.466 e. The number of Topliss-reactive ketones (excluding diaryl/α,β-unsaturated/α-hetero) is 1. The van der Waals surface area contributed by atoms with E-state index >= 15 is 0 Å². The third kappa shape index (κ3) is 5.82. The number of hydrogen-bond donors (Lipinski definition) is 1. The van der Waals surface area contributed by atoms with Gasteiger partial charge in [0.05, 0.1) is 12.6 Å². The predicted molar refractivity (Wildman–Crippen MR) is 67.5 cm³/mol. The van der Waals surface area contributed by atoms with Crippen molar-refractivity contribution in [2.24, 2.45) is 17.6 Å². The summed E-state index contributed by atoms with van der Waals surface area (Å²) in [6.07, 6.45) is 1.69. The molecule has 0 aliphatic carbocycles. The molecule has 0 aliphatic heterocycles. The zero-order valence-corrected chi connectivity index (χ0v) is 11.4. The van der Waals surface area contributed by atoms with Crippen molar-refractivity contribution in [2.75, 3.05) is 6.61 Å². The van der Waals surface area contributed by atoms with E-state index in [1.807, 2.05) is 20.8 Å². The van der Waals surface area contributed by atoms with Gasteiger partial charge in [0.15, 0.2) is 5.78 Å². The van der Waals surface area contributed by atoms with Crippen LogP contribution in [-0.2, 0) is 14.3 Å². The maximum absolute atomic E-state index is 11.9. The maximum atomic E-state index is 11.9. The average Bonchev–Trinajstić information content (AvgIpc) is 2.33. The second-order valence-electron chi connectivity index (χ2n) is 4.56. The van der Waals surface area contributed by atoms with Gasteiger partial charge in [0.1, 0.15) is 0 Å². The van der Waals surface area contributed by atoms with Crippen molar-refractivity contribution in [1.82, 2.24) is 0 Å². The Morgan fingerprint density at radius 2 is 1.82 bits per heavy atom. The monoisotopic (exact) mass is 243 g/mol. The molecular weight excluding hydrogens is 218 g/mol. The van der Waals surface area contributed by atoms with E-state index < -0.39 is 6.04 Å². The largest absolute Gasteiger partial charge is 0.466 e. The van der Waals surface area contributed by atoms with Crippen molar-refractivity contribution < 1.29 is 14.3 Å². The van der Waals surface area contributed by atoms with Crippen LogP contribution in [0.1, 0.15) is 47.0 Å². The van der Waals surface area contributed by atoms with Gasteiger partial charge in [0.2, 0.25) is 0 Å². The van der Waals surface area contributed by atoms with Gasteiger partial charge in [-0.1, -0.05) is 27.2 Å². The van der Waals surface area contributed by atoms with Gasteiger partial charge in [-0.25, -0.2) is 0 Å². The second-order valence-corrected chi connectivity index (χ2v) is 4.56. The summed E-state index contributed by atoms with van der Waals surface area (Å²) in [6.45, 7) is 7.96. The molecular formula is C13H25NO3. The Kier molecular flexibility index (Phi) is 7.79. The normalized spacial score (nSPS) is 16.1. The summed E-state index contributed by atoms with van der Waals surface area (Å²) in [4.78, 5) is 23.1. The van der Waals surface area contributed by atoms with Crippen LogP contribution in [0.25, 0.3) is 0 Å². The fraction of sp³-hybridized carbons (Fsp3) is 0.846. The van der Waals surface area contributed by atoms with E-state index in [0.717, 1.165) is 6.42 Å². The van der Waals surface area contributed by atoms with Gasteiger partial charge >= 0.3 is 5.97 Å². The molecule has 0 rings (SSSR count). The Labute approximate surface area is 104 Å². The van der Waals surface area contributed by atoms with Crippen molar-refractivity contribution in [3.63, 3.8) is 0 Å². The lowest BCUT2D eigenvalue weighted by molar-refractivity contribution is -0.143. The SMILES string of the molecule is CCOC(=O)CCC(C)C(=O)[C@@H](N)[C@@H](C)CC. The van der Waals surface area contributed by atoms with Crippen LogP contribution < -0.4 is 5.73 Å². The Morgan fingerprint density at radius 3 is 2.29 bits per heavy atom. The van der Waals surface area contributed by atoms with E-state index in [4.69, 9.17) is 10.5 Å². The molecule has 0 saturated heterocycles. The third-order valence-corrected chi connectivity index (χ3v) is 3.16. The highest BCUT2D eigenvalue weighted by Crippen LogP contribution is 2.15. The van der Waals surface area contributed by atoms with Gasteiger partial charge in [-0.3, -0.25) is 9.59 Å². The molecule has 0 fully saturated rings. The highest BCUT2D eigenvalue weighted by atomic mass is 16.5. The zero-order chi connectivity index (χ0) is 13.4. The van der Waals surface area contributed by atoms with E-state index in [9.17, 15) is 9.59 Å². The Bertz CT molecular complexity index is 253. The molecule has 0 bridgehead atoms. The first-order valence-electron chi connectivity index (χ1n) is 6.38. The molecule has 0 aromatic heterocycles. The van der Waals surface area contributed by atoms with Crippen molar-refractivity contribution >= 4 is 11.8 Å². The number of ketones is 1. The van der Waals surface area contributed by atoms with Gasteiger partial charge in [0.25, 0.3) is 0 Å². The van der Waals surface area contributed by atoms with E-state index in [1.165, 1.54) is 0 Å². The van der Waals surface area contributed by atoms with Crippen LogP contribution in [0, 0.1) is 11.8 Å². The second kappa shape index (κ2) is 8.23. The van der Waals surface area contributed by atoms with Crippen molar-refractivity contribution in [1.29, 1.82) is 0 Å². The minimum atomic E-state index is -0.419. The zero-order valence-electron chi connectivity index (χ0n) is 11.4. The number of ether oxygens (including phenoxy) is 1. The third-order valence-electron chi connectivity index (χ3n) is 3.16. The molecule has 0 aromatic carbocycles. The van der Waals surface area contributed by atoms with E-state index in [-0.39, 0.29) is 30.0 Å². The average molecular weight is 243 g/mol. The van der Waals surface area contributed by atoms with Crippen molar-refractivity contribution in [3.8, 4) is 0 Å². The van der Waals surface area contributed by atoms with Crippen LogP contribution in [0.15, 0.2) is 0 Å². The summed E-state index contributed by atoms with van der Waals surface area (Å²) in [5, 5.41) is 0. The summed E-state index contributed by atoms with van der Waals surface area (Å²) in [5.74, 6) is -0.191. The van der Waals surface area contributed by atoms with Gasteiger partial charge in [0, 0.05) is 12.3 Å². The molecule has 17 heavy (non-hydrogen) atoms. The maximum Gasteiger partial charge on any atom is 0.305 e. The number of carbonyl (C=O) groups is 2. The first-order valence-corrected chi connectivity index (χ1v) is 6.38. The van der Waals surface area contributed by atoms with Gasteiger partial charge in [-0.15, -0.1) is 0 Å². The summed E-state index contributed by atoms with van der Waals surface area (Å²) in [5.41, 5.74) is 5.87. The summed E-state index contributed by atoms with van der Waals surface area (Å²) in [7, 11) is 0. The minimum absolute atomic E-state index is 0.0450. The number of esters is 1. The molecule has 3 atom stereocenters. The van der Waals surface area contributed by atoms with Crippen molar-refractivity contribution in [2.45, 2.75) is 53.0 Å². The quantitative estimate of drug-likeness (QED) is 0.661. The molecule has 2 N–H and O–H groups in total. The number of nitrogens with two attached hydrogens (primary N) is 1. The summed E-state index contributed by atoms with van der Waals surface area (Å²) >= 11 is 0. The van der Waals surface area contributed by atoms with E-state index in [1.54, 1.807) is 6.92 Å².